The number of ketones is 1. The average Bonchev–Trinajstić information content (AvgIpc) is 2.83. The standard InChI is InChI=1S/C20H27F3O3/c1-17-8-7-12(24)9-11(17)3-4-13-14-5-6-15(20(21,22)23)18(14,2)10-19(25,26)16(13)17/h9,13-16,25-26H,3-8,10H2,1-2H3/t13-,14-,15?,16+,17-,18-/m0/s1. The number of hydrogen-bond acceptors (Lipinski definition) is 3. The third kappa shape index (κ3) is 2.37. The molecule has 0 aromatic rings. The molecule has 6 heteroatoms. The van der Waals surface area contributed by atoms with Crippen LogP contribution in [0.25, 0.3) is 0 Å². The van der Waals surface area contributed by atoms with E-state index in [0.717, 1.165) is 5.57 Å². The normalized spacial score (nSPS) is 47.7. The highest BCUT2D eigenvalue weighted by Gasteiger charge is 2.69. The zero-order valence-corrected chi connectivity index (χ0v) is 15.3. The molecule has 0 heterocycles. The Morgan fingerprint density at radius 3 is 2.46 bits per heavy atom. The summed E-state index contributed by atoms with van der Waals surface area (Å²) in [5, 5.41) is 22.0. The van der Waals surface area contributed by atoms with Crippen LogP contribution in [-0.2, 0) is 4.79 Å². The molecule has 0 spiro atoms. The second kappa shape index (κ2) is 5.34. The molecule has 4 aliphatic rings. The van der Waals surface area contributed by atoms with E-state index in [4.69, 9.17) is 0 Å². The molecule has 2 N–H and O–H groups in total. The van der Waals surface area contributed by atoms with Gasteiger partial charge in [-0.05, 0) is 60.8 Å². The lowest BCUT2D eigenvalue weighted by Crippen LogP contribution is -2.63. The summed E-state index contributed by atoms with van der Waals surface area (Å²) in [5.41, 5.74) is -0.695. The summed E-state index contributed by atoms with van der Waals surface area (Å²) < 4.78 is 40.9. The zero-order valence-electron chi connectivity index (χ0n) is 15.3. The van der Waals surface area contributed by atoms with Crippen molar-refractivity contribution >= 4 is 5.78 Å². The fourth-order valence-electron chi connectivity index (χ4n) is 7.37. The summed E-state index contributed by atoms with van der Waals surface area (Å²) in [6.07, 6.45) is -0.124. The van der Waals surface area contributed by atoms with Crippen molar-refractivity contribution in [3.63, 3.8) is 0 Å². The molecule has 1 unspecified atom stereocenters. The molecule has 0 saturated heterocycles. The Morgan fingerprint density at radius 1 is 1.12 bits per heavy atom. The third-order valence-corrected chi connectivity index (χ3v) is 8.28. The fraction of sp³-hybridized carbons (Fsp3) is 0.850. The van der Waals surface area contributed by atoms with Crippen LogP contribution in [-0.4, -0.2) is 28.0 Å². The van der Waals surface area contributed by atoms with Crippen molar-refractivity contribution in [2.45, 2.75) is 70.8 Å². The average molecular weight is 372 g/mol. The maximum absolute atomic E-state index is 13.6. The Balaban J connectivity index is 1.77. The molecule has 0 bridgehead atoms. The Morgan fingerprint density at radius 2 is 1.81 bits per heavy atom. The highest BCUT2D eigenvalue weighted by Crippen LogP contribution is 2.70. The van der Waals surface area contributed by atoms with Crippen molar-refractivity contribution in [3.8, 4) is 0 Å². The highest BCUT2D eigenvalue weighted by atomic mass is 19.4. The van der Waals surface area contributed by atoms with Crippen LogP contribution in [0.1, 0.15) is 58.8 Å². The van der Waals surface area contributed by atoms with E-state index in [9.17, 15) is 28.2 Å². The van der Waals surface area contributed by atoms with Crippen LogP contribution in [0.3, 0.4) is 0 Å². The predicted molar refractivity (Wildman–Crippen MR) is 88.8 cm³/mol. The van der Waals surface area contributed by atoms with Crippen molar-refractivity contribution in [1.82, 2.24) is 0 Å². The van der Waals surface area contributed by atoms with E-state index in [1.165, 1.54) is 0 Å². The van der Waals surface area contributed by atoms with Crippen molar-refractivity contribution < 1.29 is 28.2 Å². The second-order valence-electron chi connectivity index (χ2n) is 9.57. The number of allylic oxidation sites excluding steroid dienone is 1. The molecule has 3 nitrogen and oxygen atoms in total. The summed E-state index contributed by atoms with van der Waals surface area (Å²) in [6, 6.07) is 0. The number of rotatable bonds is 0. The van der Waals surface area contributed by atoms with Gasteiger partial charge in [0.1, 0.15) is 0 Å². The van der Waals surface area contributed by atoms with Crippen LogP contribution in [0.15, 0.2) is 11.6 Å². The first-order valence-corrected chi connectivity index (χ1v) is 9.65. The Bertz CT molecular complexity index is 668. The topological polar surface area (TPSA) is 57.5 Å². The monoisotopic (exact) mass is 372 g/mol. The molecule has 0 amide bonds. The van der Waals surface area contributed by atoms with Crippen molar-refractivity contribution in [2.75, 3.05) is 0 Å². The number of carbonyl (C=O) groups is 1. The van der Waals surface area contributed by atoms with E-state index >= 15 is 0 Å². The molecule has 146 valence electrons. The third-order valence-electron chi connectivity index (χ3n) is 8.28. The maximum atomic E-state index is 13.6. The first-order chi connectivity index (χ1) is 11.9. The van der Waals surface area contributed by atoms with Gasteiger partial charge in [0.05, 0.1) is 5.92 Å². The van der Waals surface area contributed by atoms with E-state index in [0.29, 0.717) is 32.1 Å². The van der Waals surface area contributed by atoms with Crippen LogP contribution in [0, 0.1) is 34.5 Å². The first kappa shape index (κ1) is 18.5. The smallest absolute Gasteiger partial charge is 0.365 e. The van der Waals surface area contributed by atoms with Gasteiger partial charge in [0.2, 0.25) is 0 Å². The minimum atomic E-state index is -4.31. The van der Waals surface area contributed by atoms with Crippen molar-refractivity contribution in [2.24, 2.45) is 34.5 Å². The van der Waals surface area contributed by atoms with Crippen LogP contribution in [0.5, 0.6) is 0 Å². The lowest BCUT2D eigenvalue weighted by molar-refractivity contribution is -0.309. The molecule has 26 heavy (non-hydrogen) atoms. The van der Waals surface area contributed by atoms with E-state index in [2.05, 4.69) is 0 Å². The van der Waals surface area contributed by atoms with Crippen molar-refractivity contribution in [1.29, 1.82) is 0 Å². The van der Waals surface area contributed by atoms with Gasteiger partial charge in [0, 0.05) is 18.8 Å². The predicted octanol–water partition coefficient (Wildman–Crippen LogP) is 3.99. The number of fused-ring (bicyclic) bond motifs is 5. The van der Waals surface area contributed by atoms with Gasteiger partial charge in [-0.15, -0.1) is 0 Å². The van der Waals surface area contributed by atoms with Crippen LogP contribution >= 0.6 is 0 Å². The minimum absolute atomic E-state index is 0.0658. The molecule has 4 aliphatic carbocycles. The SMILES string of the molecule is C[C@]12CCC(=O)C=C1CC[C@@H]1[C@H]2C(O)(O)C[C@]2(C)C(C(F)(F)F)CC[C@@H]12. The largest absolute Gasteiger partial charge is 0.392 e. The van der Waals surface area contributed by atoms with Gasteiger partial charge in [-0.2, -0.15) is 13.2 Å². The Kier molecular flexibility index (Phi) is 3.80. The second-order valence-corrected chi connectivity index (χ2v) is 9.57. The number of aliphatic hydroxyl groups is 2. The fourth-order valence-corrected chi connectivity index (χ4v) is 7.37. The number of hydrogen-bond donors (Lipinski definition) is 2. The van der Waals surface area contributed by atoms with Crippen LogP contribution in [0.4, 0.5) is 13.2 Å². The van der Waals surface area contributed by atoms with Gasteiger partial charge in [-0.25, -0.2) is 0 Å². The lowest BCUT2D eigenvalue weighted by Gasteiger charge is -2.62. The summed E-state index contributed by atoms with van der Waals surface area (Å²) >= 11 is 0. The summed E-state index contributed by atoms with van der Waals surface area (Å²) in [4.78, 5) is 11.8. The van der Waals surface area contributed by atoms with Gasteiger partial charge in [0.15, 0.2) is 11.6 Å². The molecule has 6 atom stereocenters. The molecular formula is C20H27F3O3. The van der Waals surface area contributed by atoms with E-state index in [1.807, 2.05) is 6.92 Å². The Hall–Kier alpha value is -0.880. The van der Waals surface area contributed by atoms with Gasteiger partial charge in [0.25, 0.3) is 0 Å². The maximum Gasteiger partial charge on any atom is 0.392 e. The quantitative estimate of drug-likeness (QED) is 0.632. The molecule has 0 aromatic heterocycles. The summed E-state index contributed by atoms with van der Waals surface area (Å²) in [7, 11) is 0. The van der Waals surface area contributed by atoms with Crippen LogP contribution in [0.2, 0.25) is 0 Å². The summed E-state index contributed by atoms with van der Waals surface area (Å²) in [5.74, 6) is -4.35. The van der Waals surface area contributed by atoms with E-state index in [-0.39, 0.29) is 30.5 Å². The van der Waals surface area contributed by atoms with Crippen molar-refractivity contribution in [3.05, 3.63) is 11.6 Å². The number of carbonyl (C=O) groups excluding carboxylic acids is 1. The first-order valence-electron chi connectivity index (χ1n) is 9.65. The van der Waals surface area contributed by atoms with Gasteiger partial charge < -0.3 is 10.2 Å². The molecule has 4 rings (SSSR count). The summed E-state index contributed by atoms with van der Waals surface area (Å²) in [6.45, 7) is 3.58. The highest BCUT2D eigenvalue weighted by molar-refractivity contribution is 5.91. The van der Waals surface area contributed by atoms with E-state index in [1.54, 1.807) is 13.0 Å². The van der Waals surface area contributed by atoms with Crippen LogP contribution < -0.4 is 0 Å². The molecule has 3 fully saturated rings. The molecule has 0 aliphatic heterocycles. The van der Waals surface area contributed by atoms with Gasteiger partial charge in [-0.3, -0.25) is 4.79 Å². The van der Waals surface area contributed by atoms with Gasteiger partial charge in [-0.1, -0.05) is 19.4 Å². The minimum Gasteiger partial charge on any atom is -0.365 e. The molecular weight excluding hydrogens is 345 g/mol. The lowest BCUT2D eigenvalue weighted by atomic mass is 9.45. The number of halogens is 3. The van der Waals surface area contributed by atoms with Gasteiger partial charge >= 0.3 is 6.18 Å². The molecule has 3 saturated carbocycles. The molecule has 0 radical (unpaired) electrons. The number of alkyl halides is 3. The Labute approximate surface area is 151 Å². The molecule has 0 aromatic carbocycles. The zero-order chi connectivity index (χ0) is 19.1. The van der Waals surface area contributed by atoms with E-state index < -0.39 is 34.6 Å².